The van der Waals surface area contributed by atoms with Gasteiger partial charge in [0.15, 0.2) is 0 Å². The molecule has 0 saturated heterocycles. The molecule has 1 aliphatic carbocycles. The van der Waals surface area contributed by atoms with E-state index in [-0.39, 0.29) is 11.7 Å². The quantitative estimate of drug-likeness (QED) is 0.788. The molecule has 1 aromatic carbocycles. The SMILES string of the molecule is O=C(CCc1cc(F)cc(Cl)c1)C1CCCC1. The maximum Gasteiger partial charge on any atom is 0.136 e. The largest absolute Gasteiger partial charge is 0.299 e. The van der Waals surface area contributed by atoms with Gasteiger partial charge in [0.2, 0.25) is 0 Å². The third-order valence-corrected chi connectivity index (χ3v) is 3.61. The summed E-state index contributed by atoms with van der Waals surface area (Å²) < 4.78 is 13.1. The molecule has 0 aliphatic heterocycles. The fraction of sp³-hybridized carbons (Fsp3) is 0.500. The van der Waals surface area contributed by atoms with Crippen LogP contribution in [-0.2, 0) is 11.2 Å². The first-order valence-corrected chi connectivity index (χ1v) is 6.50. The van der Waals surface area contributed by atoms with Gasteiger partial charge in [-0.1, -0.05) is 24.4 Å². The molecular formula is C14H16ClFO. The van der Waals surface area contributed by atoms with Gasteiger partial charge in [-0.25, -0.2) is 4.39 Å². The Hall–Kier alpha value is -0.890. The number of hydrogen-bond acceptors (Lipinski definition) is 1. The average Bonchev–Trinajstić information content (AvgIpc) is 2.78. The third kappa shape index (κ3) is 3.53. The molecule has 0 atom stereocenters. The number of aryl methyl sites for hydroxylation is 1. The van der Waals surface area contributed by atoms with Crippen molar-refractivity contribution in [2.45, 2.75) is 38.5 Å². The van der Waals surface area contributed by atoms with Crippen molar-refractivity contribution in [2.75, 3.05) is 0 Å². The van der Waals surface area contributed by atoms with Gasteiger partial charge in [-0.3, -0.25) is 4.79 Å². The van der Waals surface area contributed by atoms with Crippen LogP contribution in [0.5, 0.6) is 0 Å². The van der Waals surface area contributed by atoms with Gasteiger partial charge in [-0.05, 0) is 43.0 Å². The minimum Gasteiger partial charge on any atom is -0.299 e. The normalized spacial score (nSPS) is 16.4. The number of halogens is 2. The van der Waals surface area contributed by atoms with E-state index in [1.54, 1.807) is 6.07 Å². The summed E-state index contributed by atoms with van der Waals surface area (Å²) in [6.45, 7) is 0. The smallest absolute Gasteiger partial charge is 0.136 e. The van der Waals surface area contributed by atoms with Gasteiger partial charge in [-0.15, -0.1) is 0 Å². The van der Waals surface area contributed by atoms with E-state index in [0.717, 1.165) is 18.4 Å². The number of carbonyl (C=O) groups is 1. The molecule has 0 heterocycles. The van der Waals surface area contributed by atoms with Gasteiger partial charge in [-0.2, -0.15) is 0 Å². The molecule has 0 radical (unpaired) electrons. The summed E-state index contributed by atoms with van der Waals surface area (Å²) in [5, 5.41) is 0.397. The van der Waals surface area contributed by atoms with Gasteiger partial charge in [0.25, 0.3) is 0 Å². The standard InChI is InChI=1S/C14H16ClFO/c15-12-7-10(8-13(16)9-12)5-6-14(17)11-3-1-2-4-11/h7-9,11H,1-6H2. The molecule has 1 nitrogen and oxygen atoms in total. The molecule has 0 amide bonds. The first-order chi connectivity index (χ1) is 8.15. The first kappa shape index (κ1) is 12.6. The van der Waals surface area contributed by atoms with Crippen molar-refractivity contribution in [1.82, 2.24) is 0 Å². The van der Waals surface area contributed by atoms with E-state index < -0.39 is 0 Å². The Morgan fingerprint density at radius 1 is 1.29 bits per heavy atom. The number of hydrogen-bond donors (Lipinski definition) is 0. The number of Topliss-reactive ketones (excluding diaryl/α,β-unsaturated/α-hetero) is 1. The Balaban J connectivity index is 1.90. The highest BCUT2D eigenvalue weighted by Crippen LogP contribution is 2.27. The second-order valence-electron chi connectivity index (χ2n) is 4.73. The van der Waals surface area contributed by atoms with E-state index in [9.17, 15) is 9.18 Å². The summed E-state index contributed by atoms with van der Waals surface area (Å²) in [5.74, 6) is 0.239. The van der Waals surface area contributed by atoms with Crippen molar-refractivity contribution in [3.8, 4) is 0 Å². The highest BCUT2D eigenvalue weighted by molar-refractivity contribution is 6.30. The zero-order chi connectivity index (χ0) is 12.3. The number of carbonyl (C=O) groups excluding carboxylic acids is 1. The van der Waals surface area contributed by atoms with Gasteiger partial charge in [0.05, 0.1) is 0 Å². The van der Waals surface area contributed by atoms with Crippen LogP contribution in [0.1, 0.15) is 37.7 Å². The Kier molecular flexibility index (Phi) is 4.16. The molecule has 2 rings (SSSR count). The Morgan fingerprint density at radius 2 is 2.00 bits per heavy atom. The second-order valence-corrected chi connectivity index (χ2v) is 5.16. The third-order valence-electron chi connectivity index (χ3n) is 3.39. The van der Waals surface area contributed by atoms with Gasteiger partial charge < -0.3 is 0 Å². The fourth-order valence-electron chi connectivity index (χ4n) is 2.47. The maximum absolute atomic E-state index is 13.1. The van der Waals surface area contributed by atoms with Gasteiger partial charge in [0.1, 0.15) is 11.6 Å². The Morgan fingerprint density at radius 3 is 2.65 bits per heavy atom. The lowest BCUT2D eigenvalue weighted by molar-refractivity contribution is -0.122. The molecule has 0 bridgehead atoms. The molecule has 1 fully saturated rings. The topological polar surface area (TPSA) is 17.1 Å². The minimum atomic E-state index is -0.333. The number of rotatable bonds is 4. The van der Waals surface area contributed by atoms with Crippen LogP contribution in [0.15, 0.2) is 18.2 Å². The molecule has 0 N–H and O–H groups in total. The van der Waals surface area contributed by atoms with Gasteiger partial charge >= 0.3 is 0 Å². The lowest BCUT2D eigenvalue weighted by Gasteiger charge is -2.07. The van der Waals surface area contributed by atoms with E-state index in [1.807, 2.05) is 0 Å². The summed E-state index contributed by atoms with van der Waals surface area (Å²) in [4.78, 5) is 11.9. The summed E-state index contributed by atoms with van der Waals surface area (Å²) in [7, 11) is 0. The molecule has 3 heteroatoms. The second kappa shape index (κ2) is 5.63. The summed E-state index contributed by atoms with van der Waals surface area (Å²) >= 11 is 5.77. The Bertz CT molecular complexity index is 390. The van der Waals surface area contributed by atoms with Crippen LogP contribution in [-0.4, -0.2) is 5.78 Å². The first-order valence-electron chi connectivity index (χ1n) is 6.13. The van der Waals surface area contributed by atoms with E-state index >= 15 is 0 Å². The van der Waals surface area contributed by atoms with Crippen LogP contribution in [0, 0.1) is 11.7 Å². The predicted molar refractivity (Wildman–Crippen MR) is 66.7 cm³/mol. The number of benzene rings is 1. The minimum absolute atomic E-state index is 0.249. The van der Waals surface area contributed by atoms with E-state index in [4.69, 9.17) is 11.6 Å². The van der Waals surface area contributed by atoms with E-state index in [1.165, 1.54) is 25.0 Å². The average molecular weight is 255 g/mol. The lowest BCUT2D eigenvalue weighted by atomic mass is 9.97. The van der Waals surface area contributed by atoms with Crippen molar-refractivity contribution >= 4 is 17.4 Å². The molecule has 0 spiro atoms. The van der Waals surface area contributed by atoms with Crippen LogP contribution < -0.4 is 0 Å². The van der Waals surface area contributed by atoms with E-state index in [0.29, 0.717) is 23.6 Å². The zero-order valence-electron chi connectivity index (χ0n) is 9.72. The summed E-state index contributed by atoms with van der Waals surface area (Å²) in [5.41, 5.74) is 0.807. The Labute approximate surface area is 106 Å². The van der Waals surface area contributed by atoms with Crippen molar-refractivity contribution in [3.05, 3.63) is 34.6 Å². The molecule has 17 heavy (non-hydrogen) atoms. The highest BCUT2D eigenvalue weighted by Gasteiger charge is 2.21. The molecular weight excluding hydrogens is 239 g/mol. The zero-order valence-corrected chi connectivity index (χ0v) is 10.5. The molecule has 0 aromatic heterocycles. The van der Waals surface area contributed by atoms with Crippen LogP contribution in [0.2, 0.25) is 5.02 Å². The summed E-state index contributed by atoms with van der Waals surface area (Å²) in [6, 6.07) is 4.46. The van der Waals surface area contributed by atoms with Gasteiger partial charge in [0, 0.05) is 17.4 Å². The van der Waals surface area contributed by atoms with Crippen molar-refractivity contribution < 1.29 is 9.18 Å². The lowest BCUT2D eigenvalue weighted by Crippen LogP contribution is -2.11. The molecule has 1 aliphatic rings. The molecule has 92 valence electrons. The summed E-state index contributed by atoms with van der Waals surface area (Å²) in [6.07, 6.45) is 5.49. The number of ketones is 1. The van der Waals surface area contributed by atoms with Crippen molar-refractivity contribution in [2.24, 2.45) is 5.92 Å². The molecule has 1 aromatic rings. The van der Waals surface area contributed by atoms with Crippen molar-refractivity contribution in [3.63, 3.8) is 0 Å². The van der Waals surface area contributed by atoms with Crippen LogP contribution in [0.3, 0.4) is 0 Å². The molecule has 0 unspecified atom stereocenters. The maximum atomic E-state index is 13.1. The molecule has 1 saturated carbocycles. The van der Waals surface area contributed by atoms with Crippen LogP contribution >= 0.6 is 11.6 Å². The fourth-order valence-corrected chi connectivity index (χ4v) is 2.72. The highest BCUT2D eigenvalue weighted by atomic mass is 35.5. The predicted octanol–water partition coefficient (Wildman–Crippen LogP) is 4.17. The van der Waals surface area contributed by atoms with Crippen molar-refractivity contribution in [1.29, 1.82) is 0 Å². The van der Waals surface area contributed by atoms with E-state index in [2.05, 4.69) is 0 Å². The van der Waals surface area contributed by atoms with Crippen LogP contribution in [0.4, 0.5) is 4.39 Å². The van der Waals surface area contributed by atoms with Crippen LogP contribution in [0.25, 0.3) is 0 Å². The monoisotopic (exact) mass is 254 g/mol.